The van der Waals surface area contributed by atoms with Crippen LogP contribution in [0, 0.1) is 19.7 Å². The highest BCUT2D eigenvalue weighted by molar-refractivity contribution is 5.72. The molecule has 1 aromatic heterocycles. The number of hydrogen-bond donors (Lipinski definition) is 1. The number of benzene rings is 1. The summed E-state index contributed by atoms with van der Waals surface area (Å²) in [4.78, 5) is 12.8. The maximum atomic E-state index is 13.0. The van der Waals surface area contributed by atoms with E-state index in [-0.39, 0.29) is 5.82 Å². The Morgan fingerprint density at radius 2 is 1.95 bits per heavy atom. The van der Waals surface area contributed by atoms with E-state index in [0.29, 0.717) is 6.54 Å². The SMILES string of the molecule is Cc1nn(-c2ccc(F)cc2)c(C)c1CN(C)C(C)C(=O)O. The van der Waals surface area contributed by atoms with E-state index in [1.54, 1.807) is 35.7 Å². The summed E-state index contributed by atoms with van der Waals surface area (Å²) in [5, 5.41) is 13.6. The molecule has 1 aromatic carbocycles. The number of aromatic nitrogens is 2. The van der Waals surface area contributed by atoms with Crippen molar-refractivity contribution >= 4 is 5.97 Å². The van der Waals surface area contributed by atoms with Gasteiger partial charge in [-0.2, -0.15) is 5.10 Å². The molecule has 1 atom stereocenters. The average Bonchev–Trinajstić information content (AvgIpc) is 2.75. The van der Waals surface area contributed by atoms with Crippen LogP contribution in [0.25, 0.3) is 5.69 Å². The average molecular weight is 305 g/mol. The molecule has 2 aromatic rings. The maximum absolute atomic E-state index is 13.0. The number of aliphatic carboxylic acids is 1. The first kappa shape index (κ1) is 16.2. The van der Waals surface area contributed by atoms with Gasteiger partial charge in [0.25, 0.3) is 0 Å². The van der Waals surface area contributed by atoms with Crippen molar-refractivity contribution in [2.75, 3.05) is 7.05 Å². The Hall–Kier alpha value is -2.21. The molecule has 1 unspecified atom stereocenters. The number of likely N-dealkylation sites (N-methyl/N-ethyl adjacent to an activating group) is 1. The highest BCUT2D eigenvalue weighted by Gasteiger charge is 2.20. The second-order valence-corrected chi connectivity index (χ2v) is 5.47. The molecule has 5 nitrogen and oxygen atoms in total. The topological polar surface area (TPSA) is 58.4 Å². The zero-order chi connectivity index (χ0) is 16.4. The summed E-state index contributed by atoms with van der Waals surface area (Å²) in [6.07, 6.45) is 0. The van der Waals surface area contributed by atoms with Gasteiger partial charge in [0.15, 0.2) is 0 Å². The van der Waals surface area contributed by atoms with Crippen molar-refractivity contribution in [1.82, 2.24) is 14.7 Å². The van der Waals surface area contributed by atoms with E-state index >= 15 is 0 Å². The summed E-state index contributed by atoms with van der Waals surface area (Å²) in [6, 6.07) is 5.55. The third-order valence-electron chi connectivity index (χ3n) is 3.94. The molecule has 0 bridgehead atoms. The third-order valence-corrected chi connectivity index (χ3v) is 3.94. The minimum atomic E-state index is -0.858. The normalized spacial score (nSPS) is 12.6. The summed E-state index contributed by atoms with van der Waals surface area (Å²) in [6.45, 7) is 5.96. The number of nitrogens with zero attached hydrogens (tertiary/aromatic N) is 3. The molecule has 2 rings (SSSR count). The van der Waals surface area contributed by atoms with Gasteiger partial charge in [0.05, 0.1) is 11.4 Å². The molecule has 1 heterocycles. The van der Waals surface area contributed by atoms with Crippen LogP contribution in [0.5, 0.6) is 0 Å². The van der Waals surface area contributed by atoms with Gasteiger partial charge in [0.2, 0.25) is 0 Å². The molecule has 0 spiro atoms. The van der Waals surface area contributed by atoms with Crippen LogP contribution in [0.15, 0.2) is 24.3 Å². The standard InChI is InChI=1S/C16H20FN3O2/c1-10-15(9-19(4)12(3)16(21)22)11(2)20(18-10)14-7-5-13(17)6-8-14/h5-8,12H,9H2,1-4H3,(H,21,22). The lowest BCUT2D eigenvalue weighted by atomic mass is 10.1. The molecule has 0 saturated carbocycles. The van der Waals surface area contributed by atoms with Crippen LogP contribution in [-0.2, 0) is 11.3 Å². The van der Waals surface area contributed by atoms with Crippen LogP contribution < -0.4 is 0 Å². The third kappa shape index (κ3) is 3.17. The molecule has 0 aliphatic carbocycles. The molecule has 0 radical (unpaired) electrons. The monoisotopic (exact) mass is 305 g/mol. The van der Waals surface area contributed by atoms with E-state index in [1.807, 2.05) is 13.8 Å². The van der Waals surface area contributed by atoms with Crippen molar-refractivity contribution in [3.63, 3.8) is 0 Å². The van der Waals surface area contributed by atoms with Crippen LogP contribution in [-0.4, -0.2) is 38.8 Å². The van der Waals surface area contributed by atoms with Crippen molar-refractivity contribution in [1.29, 1.82) is 0 Å². The molecular formula is C16H20FN3O2. The molecular weight excluding hydrogens is 285 g/mol. The van der Waals surface area contributed by atoms with E-state index in [0.717, 1.165) is 22.6 Å². The van der Waals surface area contributed by atoms with Gasteiger partial charge in [-0.1, -0.05) is 0 Å². The highest BCUT2D eigenvalue weighted by Crippen LogP contribution is 2.20. The number of carboxylic acids is 1. The zero-order valence-corrected chi connectivity index (χ0v) is 13.2. The molecule has 0 amide bonds. The Morgan fingerprint density at radius 3 is 2.50 bits per heavy atom. The van der Waals surface area contributed by atoms with E-state index in [9.17, 15) is 9.18 Å². The highest BCUT2D eigenvalue weighted by atomic mass is 19.1. The molecule has 1 N–H and O–H groups in total. The molecule has 6 heteroatoms. The summed E-state index contributed by atoms with van der Waals surface area (Å²) in [5.74, 6) is -1.15. The second kappa shape index (κ2) is 6.27. The van der Waals surface area contributed by atoms with Crippen LogP contribution >= 0.6 is 0 Å². The molecule has 0 fully saturated rings. The van der Waals surface area contributed by atoms with Gasteiger partial charge in [-0.05, 0) is 52.1 Å². The fraction of sp³-hybridized carbons (Fsp3) is 0.375. The van der Waals surface area contributed by atoms with Crippen LogP contribution in [0.3, 0.4) is 0 Å². The number of halogens is 1. The Morgan fingerprint density at radius 1 is 1.36 bits per heavy atom. The Kier molecular flexibility index (Phi) is 4.61. The van der Waals surface area contributed by atoms with Crippen molar-refractivity contribution < 1.29 is 14.3 Å². The van der Waals surface area contributed by atoms with Crippen molar-refractivity contribution in [2.24, 2.45) is 0 Å². The van der Waals surface area contributed by atoms with Crippen LogP contribution in [0.1, 0.15) is 23.9 Å². The van der Waals surface area contributed by atoms with E-state index in [1.165, 1.54) is 12.1 Å². The lowest BCUT2D eigenvalue weighted by molar-refractivity contribution is -0.142. The second-order valence-electron chi connectivity index (χ2n) is 5.47. The Labute approximate surface area is 129 Å². The van der Waals surface area contributed by atoms with Crippen molar-refractivity contribution in [3.8, 4) is 5.69 Å². The number of rotatable bonds is 5. The predicted molar refractivity (Wildman–Crippen MR) is 81.6 cm³/mol. The molecule has 0 aliphatic heterocycles. The summed E-state index contributed by atoms with van der Waals surface area (Å²) in [5.41, 5.74) is 3.53. The summed E-state index contributed by atoms with van der Waals surface area (Å²) in [7, 11) is 1.77. The first-order valence-corrected chi connectivity index (χ1v) is 7.05. The minimum Gasteiger partial charge on any atom is -0.480 e. The first-order chi connectivity index (χ1) is 10.3. The van der Waals surface area contributed by atoms with Gasteiger partial charge in [-0.15, -0.1) is 0 Å². The Balaban J connectivity index is 2.31. The minimum absolute atomic E-state index is 0.291. The van der Waals surface area contributed by atoms with Gasteiger partial charge in [0, 0.05) is 17.8 Å². The van der Waals surface area contributed by atoms with Crippen LogP contribution in [0.4, 0.5) is 4.39 Å². The van der Waals surface area contributed by atoms with Gasteiger partial charge >= 0.3 is 5.97 Å². The number of carboxylic acid groups (broad SMARTS) is 1. The summed E-state index contributed by atoms with van der Waals surface area (Å²) >= 11 is 0. The maximum Gasteiger partial charge on any atom is 0.320 e. The van der Waals surface area contributed by atoms with Gasteiger partial charge in [-0.25, -0.2) is 9.07 Å². The number of carbonyl (C=O) groups is 1. The van der Waals surface area contributed by atoms with E-state index in [4.69, 9.17) is 5.11 Å². The predicted octanol–water partition coefficient (Wildman–Crippen LogP) is 2.53. The quantitative estimate of drug-likeness (QED) is 0.922. The largest absolute Gasteiger partial charge is 0.480 e. The van der Waals surface area contributed by atoms with Gasteiger partial charge in [0.1, 0.15) is 11.9 Å². The fourth-order valence-corrected chi connectivity index (χ4v) is 2.31. The van der Waals surface area contributed by atoms with Crippen LogP contribution in [0.2, 0.25) is 0 Å². The number of hydrogen-bond acceptors (Lipinski definition) is 3. The zero-order valence-electron chi connectivity index (χ0n) is 13.2. The van der Waals surface area contributed by atoms with Gasteiger partial charge < -0.3 is 5.11 Å². The van der Waals surface area contributed by atoms with Crippen molar-refractivity contribution in [2.45, 2.75) is 33.4 Å². The molecule has 22 heavy (non-hydrogen) atoms. The Bertz CT molecular complexity index is 679. The number of aryl methyl sites for hydroxylation is 1. The smallest absolute Gasteiger partial charge is 0.320 e. The first-order valence-electron chi connectivity index (χ1n) is 7.05. The fourth-order valence-electron chi connectivity index (χ4n) is 2.31. The summed E-state index contributed by atoms with van der Waals surface area (Å²) < 4.78 is 14.8. The van der Waals surface area contributed by atoms with E-state index < -0.39 is 12.0 Å². The van der Waals surface area contributed by atoms with Gasteiger partial charge in [-0.3, -0.25) is 9.69 Å². The molecule has 118 valence electrons. The molecule has 0 aliphatic rings. The van der Waals surface area contributed by atoms with Crippen molar-refractivity contribution in [3.05, 3.63) is 47.0 Å². The van der Waals surface area contributed by atoms with E-state index in [2.05, 4.69) is 5.10 Å². The molecule has 0 saturated heterocycles. The lowest BCUT2D eigenvalue weighted by Crippen LogP contribution is -2.35. The lowest BCUT2D eigenvalue weighted by Gasteiger charge is -2.21.